The molecular formula is C24H26O2. The van der Waals surface area contributed by atoms with E-state index in [0.717, 1.165) is 24.2 Å². The summed E-state index contributed by atoms with van der Waals surface area (Å²) in [6.07, 6.45) is 15.9. The Morgan fingerprint density at radius 1 is 1.08 bits per heavy atom. The molecule has 26 heavy (non-hydrogen) atoms. The number of hydrogen-bond acceptors (Lipinski definition) is 2. The predicted molar refractivity (Wildman–Crippen MR) is 103 cm³/mol. The van der Waals surface area contributed by atoms with Crippen molar-refractivity contribution in [2.24, 2.45) is 47.3 Å². The molecule has 5 aliphatic rings. The van der Waals surface area contributed by atoms with E-state index in [1.807, 2.05) is 6.07 Å². The van der Waals surface area contributed by atoms with Crippen LogP contribution in [0.25, 0.3) is 6.08 Å². The van der Waals surface area contributed by atoms with E-state index in [1.54, 1.807) is 7.11 Å². The molecular weight excluding hydrogens is 320 g/mol. The number of hydrogen-bond donors (Lipinski definition) is 0. The smallest absolute Gasteiger partial charge is 0.309 e. The lowest BCUT2D eigenvalue weighted by Gasteiger charge is -2.59. The molecule has 1 aromatic rings. The minimum absolute atomic E-state index is 0.0282. The van der Waals surface area contributed by atoms with Gasteiger partial charge in [-0.2, -0.15) is 0 Å². The highest BCUT2D eigenvalue weighted by Crippen LogP contribution is 2.72. The summed E-state index contributed by atoms with van der Waals surface area (Å²) in [6, 6.07) is 10.4. The maximum Gasteiger partial charge on any atom is 0.309 e. The Morgan fingerprint density at radius 3 is 2.69 bits per heavy atom. The first-order valence-corrected chi connectivity index (χ1v) is 9.94. The maximum atomic E-state index is 12.4. The van der Waals surface area contributed by atoms with Crippen molar-refractivity contribution >= 4 is 12.0 Å². The van der Waals surface area contributed by atoms with E-state index < -0.39 is 0 Å². The van der Waals surface area contributed by atoms with Crippen LogP contribution in [0.2, 0.25) is 0 Å². The molecule has 0 aromatic heterocycles. The molecule has 0 N–H and O–H groups in total. The molecule has 8 atom stereocenters. The standard InChI is InChI=1S/C24H26O2/c1-26-24(25)23-18-13-12-17-20(23)14-19-16(21(18)22(17)19)11-7-3-6-10-15-8-4-2-5-9-15/h2-10,12-13,16-23H,11,14H2,1H3/b7-3+,10-6+/t16-,17-,18-,19?,20-,21-,22-,23-/m0/s1. The van der Waals surface area contributed by atoms with Gasteiger partial charge in [0, 0.05) is 0 Å². The largest absolute Gasteiger partial charge is 0.469 e. The van der Waals surface area contributed by atoms with Crippen LogP contribution in [0.1, 0.15) is 18.4 Å². The highest BCUT2D eigenvalue weighted by molar-refractivity contribution is 5.74. The number of rotatable bonds is 5. The van der Waals surface area contributed by atoms with Crippen LogP contribution >= 0.6 is 0 Å². The van der Waals surface area contributed by atoms with Gasteiger partial charge in [-0.1, -0.05) is 66.8 Å². The van der Waals surface area contributed by atoms with Gasteiger partial charge in [0.05, 0.1) is 13.0 Å². The second-order valence-electron chi connectivity index (χ2n) is 8.40. The van der Waals surface area contributed by atoms with E-state index in [1.165, 1.54) is 12.0 Å². The summed E-state index contributed by atoms with van der Waals surface area (Å²) >= 11 is 0. The third-order valence-electron chi connectivity index (χ3n) is 7.56. The number of esters is 1. The zero-order chi connectivity index (χ0) is 17.7. The summed E-state index contributed by atoms with van der Waals surface area (Å²) in [5.74, 6) is 4.84. The van der Waals surface area contributed by atoms with Gasteiger partial charge in [-0.3, -0.25) is 4.79 Å². The molecule has 0 amide bonds. The van der Waals surface area contributed by atoms with Crippen molar-refractivity contribution in [1.29, 1.82) is 0 Å². The first-order valence-electron chi connectivity index (χ1n) is 9.94. The molecule has 0 spiro atoms. The number of benzene rings is 1. The van der Waals surface area contributed by atoms with Crippen molar-refractivity contribution in [3.8, 4) is 0 Å². The van der Waals surface area contributed by atoms with Gasteiger partial charge < -0.3 is 4.74 Å². The van der Waals surface area contributed by atoms with Crippen molar-refractivity contribution in [3.05, 3.63) is 66.3 Å². The Balaban J connectivity index is 1.27. The molecule has 5 aliphatic carbocycles. The van der Waals surface area contributed by atoms with Crippen LogP contribution in [-0.2, 0) is 9.53 Å². The quantitative estimate of drug-likeness (QED) is 0.437. The predicted octanol–water partition coefficient (Wildman–Crippen LogP) is 4.75. The summed E-state index contributed by atoms with van der Waals surface area (Å²) in [7, 11) is 1.55. The molecule has 134 valence electrons. The molecule has 2 heteroatoms. The van der Waals surface area contributed by atoms with Crippen molar-refractivity contribution in [2.75, 3.05) is 7.11 Å². The van der Waals surface area contributed by atoms with Crippen LogP contribution < -0.4 is 0 Å². The van der Waals surface area contributed by atoms with E-state index in [0.29, 0.717) is 23.7 Å². The number of allylic oxidation sites excluding steroid dienone is 5. The lowest BCUT2D eigenvalue weighted by atomic mass is 9.45. The fraction of sp³-hybridized carbons (Fsp3) is 0.458. The fourth-order valence-corrected chi connectivity index (χ4v) is 6.70. The minimum Gasteiger partial charge on any atom is -0.469 e. The molecule has 6 rings (SSSR count). The molecule has 4 bridgehead atoms. The van der Waals surface area contributed by atoms with Crippen molar-refractivity contribution in [2.45, 2.75) is 12.8 Å². The van der Waals surface area contributed by atoms with Crippen molar-refractivity contribution in [3.63, 3.8) is 0 Å². The monoisotopic (exact) mass is 346 g/mol. The molecule has 1 unspecified atom stereocenters. The normalized spacial score (nSPS) is 41.7. The highest BCUT2D eigenvalue weighted by atomic mass is 16.5. The van der Waals surface area contributed by atoms with Gasteiger partial charge >= 0.3 is 5.97 Å². The molecule has 1 aromatic carbocycles. The first-order chi connectivity index (χ1) is 12.8. The van der Waals surface area contributed by atoms with Gasteiger partial charge in [-0.25, -0.2) is 0 Å². The SMILES string of the molecule is COC(=O)[C@H]1[C@H]2C=C[C@H]3[C@@H]1CC1[C@H]3[C@H]2[C@H]1C/C=C/C=C/c1ccccc1. The van der Waals surface area contributed by atoms with Gasteiger partial charge in [0.15, 0.2) is 0 Å². The lowest BCUT2D eigenvalue weighted by Crippen LogP contribution is -2.56. The number of methoxy groups -OCH3 is 1. The van der Waals surface area contributed by atoms with E-state index in [-0.39, 0.29) is 11.9 Å². The average molecular weight is 346 g/mol. The number of ether oxygens (including phenoxy) is 1. The van der Waals surface area contributed by atoms with Gasteiger partial charge in [-0.15, -0.1) is 0 Å². The first kappa shape index (κ1) is 16.1. The summed E-state index contributed by atoms with van der Waals surface area (Å²) < 4.78 is 5.15. The van der Waals surface area contributed by atoms with Gasteiger partial charge in [-0.05, 0) is 59.8 Å². The Morgan fingerprint density at radius 2 is 1.88 bits per heavy atom. The highest BCUT2D eigenvalue weighted by Gasteiger charge is 2.69. The maximum absolute atomic E-state index is 12.4. The van der Waals surface area contributed by atoms with Crippen molar-refractivity contribution < 1.29 is 9.53 Å². The van der Waals surface area contributed by atoms with Gasteiger partial charge in [0.1, 0.15) is 0 Å². The third-order valence-corrected chi connectivity index (χ3v) is 7.56. The summed E-state index contributed by atoms with van der Waals surface area (Å²) in [5, 5.41) is 0. The summed E-state index contributed by atoms with van der Waals surface area (Å²) in [4.78, 5) is 12.4. The second-order valence-corrected chi connectivity index (χ2v) is 8.40. The van der Waals surface area contributed by atoms with E-state index in [4.69, 9.17) is 4.74 Å². The van der Waals surface area contributed by atoms with Crippen molar-refractivity contribution in [1.82, 2.24) is 0 Å². The Labute approximate surface area is 155 Å². The van der Waals surface area contributed by atoms with Gasteiger partial charge in [0.25, 0.3) is 0 Å². The van der Waals surface area contributed by atoms with Gasteiger partial charge in [0.2, 0.25) is 0 Å². The zero-order valence-corrected chi connectivity index (χ0v) is 15.2. The lowest BCUT2D eigenvalue weighted by molar-refractivity contribution is -0.158. The number of carbonyl (C=O) groups is 1. The Hall–Kier alpha value is -2.09. The minimum atomic E-state index is 0.0282. The fourth-order valence-electron chi connectivity index (χ4n) is 6.70. The molecule has 2 nitrogen and oxygen atoms in total. The molecule has 0 aliphatic heterocycles. The van der Waals surface area contributed by atoms with Crippen LogP contribution in [0.15, 0.2) is 60.7 Å². The summed E-state index contributed by atoms with van der Waals surface area (Å²) in [5.41, 5.74) is 1.23. The zero-order valence-electron chi connectivity index (χ0n) is 15.2. The second kappa shape index (κ2) is 6.26. The molecule has 0 radical (unpaired) electrons. The Kier molecular flexibility index (Phi) is 3.88. The molecule has 0 saturated heterocycles. The average Bonchev–Trinajstić information content (AvgIpc) is 2.89. The van der Waals surface area contributed by atoms with Crippen LogP contribution in [0, 0.1) is 47.3 Å². The molecule has 0 heterocycles. The van der Waals surface area contributed by atoms with Crippen LogP contribution in [0.5, 0.6) is 0 Å². The van der Waals surface area contributed by atoms with E-state index in [2.05, 4.69) is 60.7 Å². The van der Waals surface area contributed by atoms with Crippen LogP contribution in [0.3, 0.4) is 0 Å². The third kappa shape index (κ3) is 2.27. The van der Waals surface area contributed by atoms with Crippen LogP contribution in [0.4, 0.5) is 0 Å². The summed E-state index contributed by atoms with van der Waals surface area (Å²) in [6.45, 7) is 0. The van der Waals surface area contributed by atoms with Crippen LogP contribution in [-0.4, -0.2) is 13.1 Å². The van der Waals surface area contributed by atoms with E-state index in [9.17, 15) is 4.79 Å². The topological polar surface area (TPSA) is 26.3 Å². The molecule has 3 fully saturated rings. The number of carbonyl (C=O) groups excluding carboxylic acids is 1. The Bertz CT molecular complexity index is 775. The molecule has 3 saturated carbocycles. The van der Waals surface area contributed by atoms with E-state index >= 15 is 0 Å².